The van der Waals surface area contributed by atoms with Crippen LogP contribution >= 0.6 is 27.7 Å². The number of thioether (sulfide) groups is 1. The number of aromatic nitrogens is 4. The summed E-state index contributed by atoms with van der Waals surface area (Å²) in [6.45, 7) is 0.282. The molecule has 0 amide bonds. The second-order valence-electron chi connectivity index (χ2n) is 4.99. The lowest BCUT2D eigenvalue weighted by atomic mass is 10.3. The molecule has 0 aliphatic heterocycles. The molecule has 27 heavy (non-hydrogen) atoms. The van der Waals surface area contributed by atoms with Gasteiger partial charge in [-0.05, 0) is 50.9 Å². The number of rotatable bonds is 8. The number of nitrogens with one attached hydrogen (secondary N) is 1. The standard InChI is InChI=1S/C13H11BrFN5O5S2/c14-8-6-7(2-3-9(8)15)20-11(18-24-13(20)21)10-12(19-25-17-10)26-5-1-4-16-27(22)23/h2-3,6,27H,1,4-5H2,(H,16,22,23). The van der Waals surface area contributed by atoms with E-state index < -0.39 is 22.5 Å². The summed E-state index contributed by atoms with van der Waals surface area (Å²) < 4.78 is 47.4. The summed E-state index contributed by atoms with van der Waals surface area (Å²) in [6, 6.07) is 3.97. The average molecular weight is 480 g/mol. The lowest BCUT2D eigenvalue weighted by Gasteiger charge is -2.04. The summed E-state index contributed by atoms with van der Waals surface area (Å²) >= 11 is 4.31. The molecule has 14 heteroatoms. The summed E-state index contributed by atoms with van der Waals surface area (Å²) in [5.41, 5.74) is 0.487. The zero-order valence-electron chi connectivity index (χ0n) is 13.3. The van der Waals surface area contributed by atoms with Crippen LogP contribution in [0.4, 0.5) is 4.39 Å². The van der Waals surface area contributed by atoms with Crippen molar-refractivity contribution in [3.05, 3.63) is 39.0 Å². The minimum Gasteiger partial charge on any atom is -0.295 e. The maximum Gasteiger partial charge on any atom is 0.446 e. The second-order valence-corrected chi connectivity index (χ2v) is 7.76. The van der Waals surface area contributed by atoms with Crippen LogP contribution in [0.2, 0.25) is 0 Å². The zero-order valence-corrected chi connectivity index (χ0v) is 16.6. The van der Waals surface area contributed by atoms with Crippen LogP contribution in [0.5, 0.6) is 0 Å². The molecule has 2 heterocycles. The van der Waals surface area contributed by atoms with Crippen LogP contribution in [-0.2, 0) is 10.9 Å². The quantitative estimate of drug-likeness (QED) is 0.279. The fourth-order valence-corrected chi connectivity index (χ4v) is 3.62. The molecule has 0 aliphatic carbocycles. The van der Waals surface area contributed by atoms with E-state index in [0.717, 1.165) is 4.57 Å². The molecule has 0 fully saturated rings. The Labute approximate surface area is 165 Å². The van der Waals surface area contributed by atoms with E-state index in [2.05, 4.69) is 36.1 Å². The Morgan fingerprint density at radius 2 is 2.11 bits per heavy atom. The number of hydrogen-bond donors (Lipinski definition) is 2. The average Bonchev–Trinajstić information content (AvgIpc) is 3.23. The summed E-state index contributed by atoms with van der Waals surface area (Å²) in [5, 5.41) is 11.6. The number of nitrogens with zero attached hydrogens (tertiary/aromatic N) is 4. The zero-order chi connectivity index (χ0) is 19.4. The molecule has 0 atom stereocenters. The third-order valence-electron chi connectivity index (χ3n) is 3.24. The molecule has 2 aromatic heterocycles. The third-order valence-corrected chi connectivity index (χ3v) is 5.36. The highest BCUT2D eigenvalue weighted by Gasteiger charge is 2.23. The molecule has 0 aliphatic rings. The lowest BCUT2D eigenvalue weighted by molar-refractivity contribution is 0.299. The van der Waals surface area contributed by atoms with Crippen LogP contribution in [0.1, 0.15) is 6.42 Å². The molecule has 0 spiro atoms. The second kappa shape index (κ2) is 8.77. The summed E-state index contributed by atoms with van der Waals surface area (Å²) in [7, 11) is -2.63. The number of benzene rings is 1. The first kappa shape index (κ1) is 19.7. The molecular weight excluding hydrogens is 469 g/mol. The monoisotopic (exact) mass is 479 g/mol. The molecule has 1 N–H and O–H groups in total. The molecule has 0 saturated carbocycles. The predicted molar refractivity (Wildman–Crippen MR) is 96.7 cm³/mol. The Hall–Kier alpha value is -2.03. The van der Waals surface area contributed by atoms with Gasteiger partial charge in [0.2, 0.25) is 16.7 Å². The van der Waals surface area contributed by atoms with Gasteiger partial charge in [0.05, 0.1) is 10.2 Å². The molecule has 0 bridgehead atoms. The van der Waals surface area contributed by atoms with E-state index in [9.17, 15) is 17.6 Å². The van der Waals surface area contributed by atoms with Crippen LogP contribution in [-0.4, -0.2) is 40.8 Å². The van der Waals surface area contributed by atoms with Crippen molar-refractivity contribution in [2.24, 2.45) is 0 Å². The van der Waals surface area contributed by atoms with E-state index in [1.54, 1.807) is 0 Å². The summed E-state index contributed by atoms with van der Waals surface area (Å²) in [4.78, 5) is 12.1. The van der Waals surface area contributed by atoms with Gasteiger partial charge in [-0.15, -0.1) is 11.8 Å². The van der Waals surface area contributed by atoms with Gasteiger partial charge in [-0.3, -0.25) is 4.52 Å². The first-order valence-corrected chi connectivity index (χ1v) is 10.3. The lowest BCUT2D eigenvalue weighted by Crippen LogP contribution is -2.14. The molecule has 0 unspecified atom stereocenters. The van der Waals surface area contributed by atoms with Crippen LogP contribution in [0.15, 0.2) is 41.6 Å². The largest absolute Gasteiger partial charge is 0.446 e. The van der Waals surface area contributed by atoms with Crippen molar-refractivity contribution in [1.29, 1.82) is 0 Å². The number of hydrogen-bond acceptors (Lipinski definition) is 9. The Balaban J connectivity index is 1.85. The van der Waals surface area contributed by atoms with Crippen LogP contribution in [0, 0.1) is 5.82 Å². The van der Waals surface area contributed by atoms with Crippen LogP contribution in [0.3, 0.4) is 0 Å². The topological polar surface area (TPSA) is 133 Å². The molecule has 10 nitrogen and oxygen atoms in total. The van der Waals surface area contributed by atoms with Crippen molar-refractivity contribution < 1.29 is 22.0 Å². The van der Waals surface area contributed by atoms with Crippen molar-refractivity contribution in [3.8, 4) is 17.2 Å². The van der Waals surface area contributed by atoms with Crippen molar-refractivity contribution in [1.82, 2.24) is 24.8 Å². The molecule has 1 aromatic carbocycles. The van der Waals surface area contributed by atoms with Gasteiger partial charge in [0.15, 0.2) is 10.7 Å². The number of halogens is 2. The SMILES string of the molecule is O=c1onc(-c2nonc2SCCCN[SH](=O)=O)n1-c1ccc(F)c(Br)c1. The Kier molecular flexibility index (Phi) is 6.41. The first-order valence-electron chi connectivity index (χ1n) is 7.35. The van der Waals surface area contributed by atoms with Gasteiger partial charge < -0.3 is 0 Å². The minimum absolute atomic E-state index is 0.0445. The van der Waals surface area contributed by atoms with E-state index in [4.69, 9.17) is 9.15 Å². The van der Waals surface area contributed by atoms with Crippen molar-refractivity contribution in [2.75, 3.05) is 12.3 Å². The number of thiol groups is 1. The molecule has 3 rings (SSSR count). The molecule has 0 saturated heterocycles. The molecule has 3 aromatic rings. The third kappa shape index (κ3) is 4.63. The summed E-state index contributed by atoms with van der Waals surface area (Å²) in [6.07, 6.45) is 0.539. The van der Waals surface area contributed by atoms with E-state index >= 15 is 0 Å². The summed E-state index contributed by atoms with van der Waals surface area (Å²) in [5.74, 6) is -0.715. The predicted octanol–water partition coefficient (Wildman–Crippen LogP) is 1.38. The van der Waals surface area contributed by atoms with Gasteiger partial charge in [0.1, 0.15) is 5.82 Å². The van der Waals surface area contributed by atoms with Crippen molar-refractivity contribution in [2.45, 2.75) is 11.4 Å². The van der Waals surface area contributed by atoms with E-state index in [1.165, 1.54) is 30.0 Å². The molecular formula is C13H11BrFN5O5S2. The van der Waals surface area contributed by atoms with Gasteiger partial charge in [0, 0.05) is 12.3 Å². The van der Waals surface area contributed by atoms with E-state index in [-0.39, 0.29) is 22.5 Å². The van der Waals surface area contributed by atoms with Gasteiger partial charge in [-0.1, -0.05) is 5.16 Å². The fourth-order valence-electron chi connectivity index (χ4n) is 2.07. The molecule has 144 valence electrons. The highest BCUT2D eigenvalue weighted by atomic mass is 79.9. The molecule has 0 radical (unpaired) electrons. The van der Waals surface area contributed by atoms with E-state index in [0.29, 0.717) is 22.9 Å². The van der Waals surface area contributed by atoms with Gasteiger partial charge >= 0.3 is 5.76 Å². The van der Waals surface area contributed by atoms with E-state index in [1.807, 2.05) is 0 Å². The van der Waals surface area contributed by atoms with Crippen LogP contribution < -0.4 is 10.5 Å². The fraction of sp³-hybridized carbons (Fsp3) is 0.231. The maximum atomic E-state index is 13.5. The van der Waals surface area contributed by atoms with Gasteiger partial charge in [-0.25, -0.2) is 31.5 Å². The van der Waals surface area contributed by atoms with Crippen molar-refractivity contribution in [3.63, 3.8) is 0 Å². The Morgan fingerprint density at radius 1 is 1.30 bits per heavy atom. The highest BCUT2D eigenvalue weighted by Crippen LogP contribution is 2.29. The smallest absolute Gasteiger partial charge is 0.295 e. The Bertz CT molecular complexity index is 1070. The van der Waals surface area contributed by atoms with Crippen LogP contribution in [0.25, 0.3) is 17.2 Å². The van der Waals surface area contributed by atoms with Gasteiger partial charge in [-0.2, -0.15) is 0 Å². The minimum atomic E-state index is -2.63. The highest BCUT2D eigenvalue weighted by molar-refractivity contribution is 9.10. The normalized spacial score (nSPS) is 11.4. The Morgan fingerprint density at radius 3 is 2.85 bits per heavy atom. The van der Waals surface area contributed by atoms with Crippen molar-refractivity contribution >= 4 is 38.6 Å². The van der Waals surface area contributed by atoms with Gasteiger partial charge in [0.25, 0.3) is 0 Å². The first-order chi connectivity index (χ1) is 13.0. The maximum absolute atomic E-state index is 13.5.